The number of nitro groups is 1. The topological polar surface area (TPSA) is 85.6 Å². The van der Waals surface area contributed by atoms with E-state index in [1.807, 2.05) is 6.92 Å². The number of aromatic nitrogens is 1. The molecule has 7 heteroatoms. The number of hydrogen-bond acceptors (Lipinski definition) is 5. The van der Waals surface area contributed by atoms with Crippen molar-refractivity contribution in [1.82, 2.24) is 4.98 Å². The van der Waals surface area contributed by atoms with Crippen molar-refractivity contribution in [2.24, 2.45) is 0 Å². The molecule has 2 rings (SSSR count). The van der Waals surface area contributed by atoms with Crippen LogP contribution < -0.4 is 9.64 Å². The first-order valence-electron chi connectivity index (χ1n) is 7.11. The Bertz CT molecular complexity index is 704. The number of carbonyl (C=O) groups excluding carboxylic acids is 1. The number of nitrogens with zero attached hydrogens (tertiary/aromatic N) is 3. The maximum Gasteiger partial charge on any atom is 0.272 e. The highest BCUT2D eigenvalue weighted by molar-refractivity contribution is 5.94. The summed E-state index contributed by atoms with van der Waals surface area (Å²) >= 11 is 0. The Balaban J connectivity index is 2.04. The Kier molecular flexibility index (Phi) is 5.24. The molecule has 7 nitrogen and oxygen atoms in total. The third-order valence-corrected chi connectivity index (χ3v) is 3.30. The molecule has 0 N–H and O–H groups in total. The molecule has 0 fully saturated rings. The lowest BCUT2D eigenvalue weighted by molar-refractivity contribution is -0.385. The van der Waals surface area contributed by atoms with E-state index in [2.05, 4.69) is 4.98 Å². The van der Waals surface area contributed by atoms with Gasteiger partial charge in [0.05, 0.1) is 16.8 Å². The van der Waals surface area contributed by atoms with E-state index >= 15 is 0 Å². The summed E-state index contributed by atoms with van der Waals surface area (Å²) in [6, 6.07) is 7.95. The van der Waals surface area contributed by atoms with E-state index in [9.17, 15) is 14.9 Å². The highest BCUT2D eigenvalue weighted by Crippen LogP contribution is 2.23. The van der Waals surface area contributed by atoms with Gasteiger partial charge in [0.25, 0.3) is 11.6 Å². The van der Waals surface area contributed by atoms with Gasteiger partial charge in [0.2, 0.25) is 0 Å². The molecule has 1 amide bonds. The summed E-state index contributed by atoms with van der Waals surface area (Å²) in [6.45, 7) is 3.83. The van der Waals surface area contributed by atoms with Crippen molar-refractivity contribution in [3.8, 4) is 5.75 Å². The molecule has 0 bridgehead atoms. The van der Waals surface area contributed by atoms with Crippen LogP contribution in [0.3, 0.4) is 0 Å². The standard InChI is InChI=1S/C16H17N3O4/c1-3-18(13-5-4-8-17-10-13)16(20)11-23-14-6-7-15(19(21)22)12(2)9-14/h4-10H,3,11H2,1-2H3. The zero-order chi connectivity index (χ0) is 16.8. The number of rotatable bonds is 6. The number of anilines is 1. The van der Waals surface area contributed by atoms with Crippen molar-refractivity contribution in [2.75, 3.05) is 18.1 Å². The molecule has 0 saturated heterocycles. The molecule has 1 heterocycles. The maximum absolute atomic E-state index is 12.3. The second-order valence-corrected chi connectivity index (χ2v) is 4.84. The molecule has 0 aliphatic heterocycles. The fourth-order valence-electron chi connectivity index (χ4n) is 2.16. The number of carbonyl (C=O) groups is 1. The lowest BCUT2D eigenvalue weighted by atomic mass is 10.2. The molecule has 1 aromatic carbocycles. The number of likely N-dealkylation sites (N-methyl/N-ethyl adjacent to an activating group) is 1. The summed E-state index contributed by atoms with van der Waals surface area (Å²) in [6.07, 6.45) is 3.25. The van der Waals surface area contributed by atoms with E-state index in [1.54, 1.807) is 42.4 Å². The van der Waals surface area contributed by atoms with Gasteiger partial charge in [-0.05, 0) is 38.1 Å². The summed E-state index contributed by atoms with van der Waals surface area (Å²) in [5.41, 5.74) is 1.21. The number of amides is 1. The van der Waals surface area contributed by atoms with Crippen molar-refractivity contribution >= 4 is 17.3 Å². The number of ether oxygens (including phenoxy) is 1. The van der Waals surface area contributed by atoms with Gasteiger partial charge in [-0.3, -0.25) is 19.9 Å². The number of pyridine rings is 1. The minimum Gasteiger partial charge on any atom is -0.484 e. The third-order valence-electron chi connectivity index (χ3n) is 3.30. The minimum absolute atomic E-state index is 0.0224. The number of nitro benzene ring substituents is 1. The predicted octanol–water partition coefficient (Wildman–Crippen LogP) is 2.73. The van der Waals surface area contributed by atoms with Crippen LogP contribution in [-0.2, 0) is 4.79 Å². The Morgan fingerprint density at radius 2 is 2.17 bits per heavy atom. The van der Waals surface area contributed by atoms with Crippen LogP contribution in [-0.4, -0.2) is 29.0 Å². The molecule has 1 aromatic heterocycles. The summed E-state index contributed by atoms with van der Waals surface area (Å²) in [4.78, 5) is 28.2. The maximum atomic E-state index is 12.3. The number of benzene rings is 1. The normalized spacial score (nSPS) is 10.2. The monoisotopic (exact) mass is 315 g/mol. The molecule has 0 aliphatic carbocycles. The van der Waals surface area contributed by atoms with Crippen molar-refractivity contribution in [3.63, 3.8) is 0 Å². The summed E-state index contributed by atoms with van der Waals surface area (Å²) in [7, 11) is 0. The van der Waals surface area contributed by atoms with Crippen LogP contribution in [0.25, 0.3) is 0 Å². The molecule has 0 spiro atoms. The third kappa shape index (κ3) is 4.03. The first kappa shape index (κ1) is 16.4. The van der Waals surface area contributed by atoms with Crippen molar-refractivity contribution in [2.45, 2.75) is 13.8 Å². The summed E-state index contributed by atoms with van der Waals surface area (Å²) in [5, 5.41) is 10.8. The van der Waals surface area contributed by atoms with Gasteiger partial charge in [0.15, 0.2) is 6.61 Å². The first-order chi connectivity index (χ1) is 11.0. The summed E-state index contributed by atoms with van der Waals surface area (Å²) in [5.74, 6) is 0.209. The van der Waals surface area contributed by atoms with Gasteiger partial charge in [0, 0.05) is 24.4 Å². The Morgan fingerprint density at radius 1 is 1.39 bits per heavy atom. The quantitative estimate of drug-likeness (QED) is 0.604. The number of hydrogen-bond donors (Lipinski definition) is 0. The fourth-order valence-corrected chi connectivity index (χ4v) is 2.16. The average molecular weight is 315 g/mol. The van der Waals surface area contributed by atoms with E-state index in [-0.39, 0.29) is 18.2 Å². The van der Waals surface area contributed by atoms with Gasteiger partial charge in [-0.1, -0.05) is 0 Å². The smallest absolute Gasteiger partial charge is 0.272 e. The van der Waals surface area contributed by atoms with E-state index in [0.29, 0.717) is 23.5 Å². The molecule has 23 heavy (non-hydrogen) atoms. The van der Waals surface area contributed by atoms with Crippen molar-refractivity contribution in [3.05, 3.63) is 58.4 Å². The Morgan fingerprint density at radius 3 is 2.74 bits per heavy atom. The highest BCUT2D eigenvalue weighted by atomic mass is 16.6. The highest BCUT2D eigenvalue weighted by Gasteiger charge is 2.16. The summed E-state index contributed by atoms with van der Waals surface area (Å²) < 4.78 is 5.45. The van der Waals surface area contributed by atoms with Gasteiger partial charge in [-0.25, -0.2) is 0 Å². The Labute approximate surface area is 133 Å². The van der Waals surface area contributed by atoms with Crippen LogP contribution in [0.15, 0.2) is 42.7 Å². The molecule has 0 aliphatic rings. The van der Waals surface area contributed by atoms with Crippen LogP contribution in [0.1, 0.15) is 12.5 Å². The molecular formula is C16H17N3O4. The second-order valence-electron chi connectivity index (χ2n) is 4.84. The van der Waals surface area contributed by atoms with Gasteiger partial charge < -0.3 is 9.64 Å². The molecule has 0 saturated carbocycles. The van der Waals surface area contributed by atoms with E-state index in [4.69, 9.17) is 4.74 Å². The van der Waals surface area contributed by atoms with Crippen LogP contribution in [0.4, 0.5) is 11.4 Å². The zero-order valence-electron chi connectivity index (χ0n) is 12.9. The molecule has 2 aromatic rings. The lowest BCUT2D eigenvalue weighted by Gasteiger charge is -2.20. The SMILES string of the molecule is CCN(C(=O)COc1ccc([N+](=O)[O-])c(C)c1)c1cccnc1. The van der Waals surface area contributed by atoms with Gasteiger partial charge in [-0.2, -0.15) is 0 Å². The van der Waals surface area contributed by atoms with E-state index in [1.165, 1.54) is 12.1 Å². The molecule has 0 unspecified atom stereocenters. The largest absolute Gasteiger partial charge is 0.484 e. The van der Waals surface area contributed by atoms with Crippen molar-refractivity contribution < 1.29 is 14.5 Å². The molecule has 120 valence electrons. The fraction of sp³-hybridized carbons (Fsp3) is 0.250. The lowest BCUT2D eigenvalue weighted by Crippen LogP contribution is -2.34. The molecule has 0 atom stereocenters. The van der Waals surface area contributed by atoms with Gasteiger partial charge >= 0.3 is 0 Å². The first-order valence-corrected chi connectivity index (χ1v) is 7.11. The Hall–Kier alpha value is -2.96. The van der Waals surface area contributed by atoms with Crippen LogP contribution in [0, 0.1) is 17.0 Å². The van der Waals surface area contributed by atoms with Crippen molar-refractivity contribution in [1.29, 1.82) is 0 Å². The second kappa shape index (κ2) is 7.35. The zero-order valence-corrected chi connectivity index (χ0v) is 12.9. The van der Waals surface area contributed by atoms with Crippen LogP contribution >= 0.6 is 0 Å². The average Bonchev–Trinajstić information content (AvgIpc) is 2.54. The molecular weight excluding hydrogens is 298 g/mol. The van der Waals surface area contributed by atoms with E-state index in [0.717, 1.165) is 0 Å². The van der Waals surface area contributed by atoms with Gasteiger partial charge in [-0.15, -0.1) is 0 Å². The minimum atomic E-state index is -0.453. The van der Waals surface area contributed by atoms with E-state index < -0.39 is 4.92 Å². The number of aryl methyl sites for hydroxylation is 1. The van der Waals surface area contributed by atoms with Crippen LogP contribution in [0.5, 0.6) is 5.75 Å². The van der Waals surface area contributed by atoms with Crippen LogP contribution in [0.2, 0.25) is 0 Å². The predicted molar refractivity (Wildman–Crippen MR) is 85.6 cm³/mol. The van der Waals surface area contributed by atoms with Gasteiger partial charge in [0.1, 0.15) is 5.75 Å². The molecule has 0 radical (unpaired) electrons.